The molecule has 0 bridgehead atoms. The van der Waals surface area contributed by atoms with E-state index in [1.165, 1.54) is 0 Å². The molecular weight excluding hydrogens is 324 g/mol. The summed E-state index contributed by atoms with van der Waals surface area (Å²) in [5.74, 6) is -0.341. The quantitative estimate of drug-likeness (QED) is 0.737. The Labute approximate surface area is 152 Å². The predicted molar refractivity (Wildman–Crippen MR) is 101 cm³/mol. The Morgan fingerprint density at radius 1 is 0.769 bits per heavy atom. The summed E-state index contributed by atoms with van der Waals surface area (Å²) >= 11 is 0. The van der Waals surface area contributed by atoms with Crippen LogP contribution in [-0.2, 0) is 4.79 Å². The van der Waals surface area contributed by atoms with Gasteiger partial charge in [0.05, 0.1) is 6.04 Å². The molecule has 0 unspecified atom stereocenters. The van der Waals surface area contributed by atoms with Crippen LogP contribution in [-0.4, -0.2) is 17.9 Å². The first-order valence-corrected chi connectivity index (χ1v) is 8.55. The summed E-state index contributed by atoms with van der Waals surface area (Å²) in [6.07, 6.45) is 0. The van der Waals surface area contributed by atoms with Crippen LogP contribution in [0.5, 0.6) is 0 Å². The van der Waals surface area contributed by atoms with E-state index in [0.717, 1.165) is 11.3 Å². The summed E-state index contributed by atoms with van der Waals surface area (Å²) in [5.41, 5.74) is 2.37. The molecule has 4 nitrogen and oxygen atoms in total. The molecular formula is C22H18N2O2. The lowest BCUT2D eigenvalue weighted by Gasteiger charge is -2.47. The molecule has 4 rings (SSSR count). The van der Waals surface area contributed by atoms with Crippen molar-refractivity contribution in [2.24, 2.45) is 0 Å². The third-order valence-corrected chi connectivity index (χ3v) is 4.60. The second-order valence-corrected chi connectivity index (χ2v) is 6.22. The van der Waals surface area contributed by atoms with Crippen molar-refractivity contribution in [3.63, 3.8) is 0 Å². The van der Waals surface area contributed by atoms with Crippen LogP contribution in [0.1, 0.15) is 22.0 Å². The number of nitrogens with zero attached hydrogens (tertiary/aromatic N) is 1. The van der Waals surface area contributed by atoms with Crippen molar-refractivity contribution in [2.45, 2.75) is 12.1 Å². The van der Waals surface area contributed by atoms with Crippen molar-refractivity contribution in [2.75, 3.05) is 4.90 Å². The number of carbonyl (C=O) groups is 2. The first-order valence-electron chi connectivity index (χ1n) is 8.55. The fourth-order valence-corrected chi connectivity index (χ4v) is 3.31. The van der Waals surface area contributed by atoms with Crippen LogP contribution in [0.15, 0.2) is 91.0 Å². The highest BCUT2D eigenvalue weighted by Crippen LogP contribution is 2.39. The van der Waals surface area contributed by atoms with Gasteiger partial charge in [-0.05, 0) is 29.8 Å². The largest absolute Gasteiger partial charge is 0.338 e. The Morgan fingerprint density at radius 3 is 1.92 bits per heavy atom. The van der Waals surface area contributed by atoms with E-state index in [-0.39, 0.29) is 17.9 Å². The normalized spacial score (nSPS) is 18.9. The number of hydrogen-bond donors (Lipinski definition) is 1. The van der Waals surface area contributed by atoms with Crippen molar-refractivity contribution in [1.29, 1.82) is 0 Å². The van der Waals surface area contributed by atoms with E-state index in [1.807, 2.05) is 78.9 Å². The molecule has 2 atom stereocenters. The summed E-state index contributed by atoms with van der Waals surface area (Å²) in [4.78, 5) is 27.1. The van der Waals surface area contributed by atoms with Crippen molar-refractivity contribution < 1.29 is 9.59 Å². The van der Waals surface area contributed by atoms with Crippen molar-refractivity contribution in [3.05, 3.63) is 102 Å². The minimum atomic E-state index is -0.578. The molecule has 1 heterocycles. The molecule has 1 aliphatic heterocycles. The Kier molecular flexibility index (Phi) is 4.23. The maximum atomic E-state index is 12.8. The van der Waals surface area contributed by atoms with E-state index < -0.39 is 6.04 Å². The van der Waals surface area contributed by atoms with E-state index in [9.17, 15) is 9.59 Å². The zero-order valence-corrected chi connectivity index (χ0v) is 14.1. The average Bonchev–Trinajstić information content (AvgIpc) is 2.71. The van der Waals surface area contributed by atoms with Crippen molar-refractivity contribution in [3.8, 4) is 0 Å². The SMILES string of the molecule is O=C(N[C@@H]1C(=O)N(c2ccccc2)[C@H]1c1ccccc1)c1ccccc1. The molecule has 0 aromatic heterocycles. The zero-order valence-electron chi connectivity index (χ0n) is 14.1. The summed E-state index contributed by atoms with van der Waals surface area (Å²) in [5, 5.41) is 2.90. The first kappa shape index (κ1) is 16.1. The molecule has 1 N–H and O–H groups in total. The lowest BCUT2D eigenvalue weighted by Crippen LogP contribution is -2.66. The van der Waals surface area contributed by atoms with Gasteiger partial charge in [-0.2, -0.15) is 0 Å². The third kappa shape index (κ3) is 2.86. The number of amides is 2. The number of rotatable bonds is 4. The number of benzene rings is 3. The van der Waals surface area contributed by atoms with Gasteiger partial charge in [-0.1, -0.05) is 66.7 Å². The highest BCUT2D eigenvalue weighted by atomic mass is 16.2. The van der Waals surface area contributed by atoms with Crippen molar-refractivity contribution >= 4 is 17.5 Å². The van der Waals surface area contributed by atoms with Crippen LogP contribution >= 0.6 is 0 Å². The fourth-order valence-electron chi connectivity index (χ4n) is 3.31. The van der Waals surface area contributed by atoms with Crippen LogP contribution < -0.4 is 10.2 Å². The number of carbonyl (C=O) groups excluding carboxylic acids is 2. The van der Waals surface area contributed by atoms with Gasteiger partial charge in [-0.25, -0.2) is 0 Å². The Morgan fingerprint density at radius 2 is 1.31 bits per heavy atom. The molecule has 26 heavy (non-hydrogen) atoms. The standard InChI is InChI=1S/C22H18N2O2/c25-21(17-12-6-2-7-13-17)23-19-20(16-10-4-1-5-11-16)24(22(19)26)18-14-8-3-9-15-18/h1-15,19-20H,(H,23,25)/t19-,20-/m0/s1. The second-order valence-electron chi connectivity index (χ2n) is 6.22. The van der Waals surface area contributed by atoms with Crippen LogP contribution in [0.2, 0.25) is 0 Å². The van der Waals surface area contributed by atoms with Crippen LogP contribution in [0.4, 0.5) is 5.69 Å². The van der Waals surface area contributed by atoms with Gasteiger partial charge in [0.25, 0.3) is 11.8 Å². The van der Waals surface area contributed by atoms with Gasteiger partial charge in [0, 0.05) is 11.3 Å². The maximum Gasteiger partial charge on any atom is 0.252 e. The van der Waals surface area contributed by atoms with Gasteiger partial charge >= 0.3 is 0 Å². The molecule has 3 aromatic rings. The Hall–Kier alpha value is -3.40. The minimum Gasteiger partial charge on any atom is -0.338 e. The monoisotopic (exact) mass is 342 g/mol. The smallest absolute Gasteiger partial charge is 0.252 e. The van der Waals surface area contributed by atoms with E-state index in [0.29, 0.717) is 5.56 Å². The van der Waals surface area contributed by atoms with Crippen LogP contribution in [0.3, 0.4) is 0 Å². The molecule has 0 saturated carbocycles. The van der Waals surface area contributed by atoms with E-state index in [1.54, 1.807) is 17.0 Å². The molecule has 2 amide bonds. The molecule has 128 valence electrons. The van der Waals surface area contributed by atoms with Crippen LogP contribution in [0.25, 0.3) is 0 Å². The van der Waals surface area contributed by atoms with Crippen LogP contribution in [0, 0.1) is 0 Å². The van der Waals surface area contributed by atoms with Gasteiger partial charge in [0.2, 0.25) is 0 Å². The topological polar surface area (TPSA) is 49.4 Å². The summed E-state index contributed by atoms with van der Waals surface area (Å²) in [6.45, 7) is 0. The van der Waals surface area contributed by atoms with E-state index >= 15 is 0 Å². The molecule has 0 spiro atoms. The summed E-state index contributed by atoms with van der Waals surface area (Å²) in [6, 6.07) is 27.5. The maximum absolute atomic E-state index is 12.8. The number of anilines is 1. The molecule has 1 aliphatic rings. The average molecular weight is 342 g/mol. The lowest BCUT2D eigenvalue weighted by atomic mass is 9.87. The number of para-hydroxylation sites is 1. The highest BCUT2D eigenvalue weighted by molar-refractivity contribution is 6.09. The molecule has 4 heteroatoms. The Balaban J connectivity index is 1.64. The minimum absolute atomic E-state index is 0.102. The van der Waals surface area contributed by atoms with E-state index in [2.05, 4.69) is 5.32 Å². The molecule has 3 aromatic carbocycles. The molecule has 0 radical (unpaired) electrons. The first-order chi connectivity index (χ1) is 12.8. The molecule has 1 fully saturated rings. The second kappa shape index (κ2) is 6.84. The van der Waals surface area contributed by atoms with Gasteiger partial charge in [0.1, 0.15) is 6.04 Å². The third-order valence-electron chi connectivity index (χ3n) is 4.60. The fraction of sp³-hybridized carbons (Fsp3) is 0.0909. The lowest BCUT2D eigenvalue weighted by molar-refractivity contribution is -0.127. The highest BCUT2D eigenvalue weighted by Gasteiger charge is 2.49. The molecule has 1 saturated heterocycles. The Bertz CT molecular complexity index is 911. The van der Waals surface area contributed by atoms with Gasteiger partial charge in [0.15, 0.2) is 0 Å². The summed E-state index contributed by atoms with van der Waals surface area (Å²) < 4.78 is 0. The van der Waals surface area contributed by atoms with Gasteiger partial charge < -0.3 is 10.2 Å². The number of β-lactam (4-membered cyclic amide) rings is 1. The van der Waals surface area contributed by atoms with Crippen molar-refractivity contribution in [1.82, 2.24) is 5.32 Å². The molecule has 0 aliphatic carbocycles. The van der Waals surface area contributed by atoms with E-state index in [4.69, 9.17) is 0 Å². The van der Waals surface area contributed by atoms with Gasteiger partial charge in [-0.3, -0.25) is 9.59 Å². The number of hydrogen-bond acceptors (Lipinski definition) is 2. The zero-order chi connectivity index (χ0) is 17.9. The summed E-state index contributed by atoms with van der Waals surface area (Å²) in [7, 11) is 0. The van der Waals surface area contributed by atoms with Gasteiger partial charge in [-0.15, -0.1) is 0 Å². The predicted octanol–water partition coefficient (Wildman–Crippen LogP) is 3.57. The number of nitrogens with one attached hydrogen (secondary N) is 1.